The van der Waals surface area contributed by atoms with Gasteiger partial charge in [0.2, 0.25) is 0 Å². The van der Waals surface area contributed by atoms with Gasteiger partial charge < -0.3 is 18.6 Å². The van der Waals surface area contributed by atoms with Gasteiger partial charge in [0, 0.05) is 57.9 Å². The van der Waals surface area contributed by atoms with Crippen molar-refractivity contribution in [3.05, 3.63) is 89.5 Å². The van der Waals surface area contributed by atoms with E-state index in [1.165, 1.54) is 4.57 Å². The van der Waals surface area contributed by atoms with Crippen molar-refractivity contribution in [2.45, 2.75) is 64.5 Å². The van der Waals surface area contributed by atoms with E-state index in [4.69, 9.17) is 19.4 Å². The Labute approximate surface area is 263 Å². The molecule has 238 valence electrons. The fraction of sp³-hybridized carbons (Fsp3) is 0.382. The van der Waals surface area contributed by atoms with E-state index in [9.17, 15) is 13.2 Å². The molecule has 0 N–H and O–H groups in total. The molecule has 0 saturated carbocycles. The van der Waals surface area contributed by atoms with Gasteiger partial charge in [-0.15, -0.1) is 0 Å². The van der Waals surface area contributed by atoms with E-state index >= 15 is 0 Å². The van der Waals surface area contributed by atoms with Crippen molar-refractivity contribution in [1.29, 1.82) is 0 Å². The number of ether oxygens (including phenoxy) is 2. The average molecular weight is 636 g/mol. The summed E-state index contributed by atoms with van der Waals surface area (Å²) in [7, 11) is 1.94. The minimum absolute atomic E-state index is 0.233. The van der Waals surface area contributed by atoms with Crippen molar-refractivity contribution in [3.8, 4) is 22.8 Å². The first kappa shape index (κ1) is 32.6. The highest BCUT2D eigenvalue weighted by molar-refractivity contribution is 6.76. The molecule has 0 aliphatic heterocycles. The van der Waals surface area contributed by atoms with Gasteiger partial charge in [-0.25, -0.2) is 15.0 Å². The first-order chi connectivity index (χ1) is 21.3. The van der Waals surface area contributed by atoms with Crippen LogP contribution >= 0.6 is 0 Å². The molecule has 0 radical (unpaired) electrons. The monoisotopic (exact) mass is 635 g/mol. The van der Waals surface area contributed by atoms with Crippen LogP contribution in [0.15, 0.2) is 67.1 Å². The van der Waals surface area contributed by atoms with Crippen molar-refractivity contribution in [2.75, 3.05) is 13.7 Å². The molecule has 0 spiro atoms. The third-order valence-electron chi connectivity index (χ3n) is 7.85. The van der Waals surface area contributed by atoms with Crippen LogP contribution in [0.5, 0.6) is 0 Å². The number of imidazole rings is 1. The molecule has 0 fully saturated rings. The lowest BCUT2D eigenvalue weighted by Gasteiger charge is -2.16. The molecule has 5 aromatic rings. The third kappa shape index (κ3) is 7.21. The Morgan fingerprint density at radius 2 is 1.64 bits per heavy atom. The van der Waals surface area contributed by atoms with E-state index in [0.29, 0.717) is 30.6 Å². The van der Waals surface area contributed by atoms with Gasteiger partial charge in [-0.1, -0.05) is 82.0 Å². The van der Waals surface area contributed by atoms with Crippen LogP contribution in [0.1, 0.15) is 48.3 Å². The molecule has 0 saturated heterocycles. The van der Waals surface area contributed by atoms with E-state index in [1.54, 1.807) is 26.3 Å². The van der Waals surface area contributed by atoms with Gasteiger partial charge in [0.05, 0.1) is 17.2 Å². The molecule has 0 aliphatic carbocycles. The minimum atomic E-state index is -4.51. The zero-order valence-electron chi connectivity index (χ0n) is 26.8. The molecule has 0 aliphatic rings. The Balaban J connectivity index is 1.55. The Kier molecular flexibility index (Phi) is 9.34. The third-order valence-corrected chi connectivity index (χ3v) is 9.56. The molecule has 45 heavy (non-hydrogen) atoms. The highest BCUT2D eigenvalue weighted by atomic mass is 28.3. The van der Waals surface area contributed by atoms with Gasteiger partial charge in [0.1, 0.15) is 18.7 Å². The number of nitrogens with zero attached hydrogens (tertiary/aromatic N) is 5. The Bertz CT molecular complexity index is 1770. The van der Waals surface area contributed by atoms with E-state index < -0.39 is 26.0 Å². The van der Waals surface area contributed by atoms with E-state index in [-0.39, 0.29) is 5.82 Å². The quantitative estimate of drug-likeness (QED) is 0.107. The summed E-state index contributed by atoms with van der Waals surface area (Å²) in [4.78, 5) is 13.7. The zero-order valence-corrected chi connectivity index (χ0v) is 27.8. The Hall–Kier alpha value is -3.80. The smallest absolute Gasteiger partial charge is 0.372 e. The van der Waals surface area contributed by atoms with Crippen LogP contribution in [-0.4, -0.2) is 45.9 Å². The normalized spacial score (nSPS) is 13.2. The maximum Gasteiger partial charge on any atom is 0.434 e. The van der Waals surface area contributed by atoms with Gasteiger partial charge in [-0.2, -0.15) is 13.2 Å². The molecule has 0 amide bonds. The predicted molar refractivity (Wildman–Crippen MR) is 174 cm³/mol. The first-order valence-corrected chi connectivity index (χ1v) is 18.7. The number of rotatable bonds is 11. The lowest BCUT2D eigenvalue weighted by Crippen LogP contribution is -2.22. The number of benzene rings is 2. The molecular weight excluding hydrogens is 595 g/mol. The van der Waals surface area contributed by atoms with Gasteiger partial charge >= 0.3 is 6.18 Å². The second-order valence-electron chi connectivity index (χ2n) is 12.9. The maximum atomic E-state index is 13.3. The lowest BCUT2D eigenvalue weighted by atomic mass is 9.96. The highest BCUT2D eigenvalue weighted by Gasteiger charge is 2.34. The fourth-order valence-electron chi connectivity index (χ4n) is 5.39. The Morgan fingerprint density at radius 3 is 2.27 bits per heavy atom. The topological polar surface area (TPSA) is 67.0 Å². The summed E-state index contributed by atoms with van der Waals surface area (Å²) in [5, 5.41) is 0. The van der Waals surface area contributed by atoms with Gasteiger partial charge in [-0.05, 0) is 23.1 Å². The number of fused-ring (bicyclic) bond motifs is 1. The minimum Gasteiger partial charge on any atom is -0.372 e. The lowest BCUT2D eigenvalue weighted by molar-refractivity contribution is -0.140. The zero-order chi connectivity index (χ0) is 32.5. The molecule has 2 aromatic carbocycles. The SMILES string of the molecule is COC(c1ccc(-c2nc(C(F)(F)F)cn2C)cc1)c1cn(COCC[Si](C)(C)C)c2cnc(-c3ccccc3C(C)C)nc12. The maximum absolute atomic E-state index is 13.3. The van der Waals surface area contributed by atoms with E-state index in [0.717, 1.165) is 45.5 Å². The van der Waals surface area contributed by atoms with Crippen LogP contribution in [0.2, 0.25) is 25.7 Å². The fourth-order valence-corrected chi connectivity index (χ4v) is 6.15. The van der Waals surface area contributed by atoms with Crippen molar-refractivity contribution >= 4 is 19.1 Å². The van der Waals surface area contributed by atoms with Crippen molar-refractivity contribution in [3.63, 3.8) is 0 Å². The second-order valence-corrected chi connectivity index (χ2v) is 18.5. The van der Waals surface area contributed by atoms with Crippen molar-refractivity contribution in [2.24, 2.45) is 7.05 Å². The molecule has 0 bridgehead atoms. The summed E-state index contributed by atoms with van der Waals surface area (Å²) < 4.78 is 55.4. The number of hydrogen-bond donors (Lipinski definition) is 0. The number of alkyl halides is 3. The summed E-state index contributed by atoms with van der Waals surface area (Å²) >= 11 is 0. The van der Waals surface area contributed by atoms with Gasteiger partial charge in [0.25, 0.3) is 0 Å². The molecule has 11 heteroatoms. The summed E-state index contributed by atoms with van der Waals surface area (Å²) in [6.07, 6.45) is -0.172. The molecule has 5 rings (SSSR count). The molecule has 7 nitrogen and oxygen atoms in total. The van der Waals surface area contributed by atoms with Crippen LogP contribution in [0, 0.1) is 0 Å². The van der Waals surface area contributed by atoms with Crippen LogP contribution in [0.25, 0.3) is 33.8 Å². The number of halogens is 3. The largest absolute Gasteiger partial charge is 0.434 e. The van der Waals surface area contributed by atoms with Crippen LogP contribution < -0.4 is 0 Å². The first-order valence-electron chi connectivity index (χ1n) is 15.0. The van der Waals surface area contributed by atoms with Crippen LogP contribution in [0.4, 0.5) is 13.2 Å². The summed E-state index contributed by atoms with van der Waals surface area (Å²) in [5.41, 5.74) is 5.04. The average Bonchev–Trinajstić information content (AvgIpc) is 3.56. The summed E-state index contributed by atoms with van der Waals surface area (Å²) in [6.45, 7) is 12.3. The summed E-state index contributed by atoms with van der Waals surface area (Å²) in [5.74, 6) is 1.16. The molecule has 1 unspecified atom stereocenters. The van der Waals surface area contributed by atoms with Crippen LogP contribution in [-0.2, 0) is 29.4 Å². The molecule has 3 aromatic heterocycles. The molecule has 1 atom stereocenters. The number of methoxy groups -OCH3 is 1. The highest BCUT2D eigenvalue weighted by Crippen LogP contribution is 2.36. The number of aromatic nitrogens is 5. The van der Waals surface area contributed by atoms with E-state index in [2.05, 4.69) is 44.5 Å². The van der Waals surface area contributed by atoms with E-state index in [1.807, 2.05) is 47.3 Å². The summed E-state index contributed by atoms with van der Waals surface area (Å²) in [6, 6.07) is 16.5. The second kappa shape index (κ2) is 12.9. The van der Waals surface area contributed by atoms with Crippen molar-refractivity contribution < 1.29 is 22.6 Å². The van der Waals surface area contributed by atoms with Crippen molar-refractivity contribution in [1.82, 2.24) is 24.1 Å². The van der Waals surface area contributed by atoms with Crippen LogP contribution in [0.3, 0.4) is 0 Å². The Morgan fingerprint density at radius 1 is 0.933 bits per heavy atom. The van der Waals surface area contributed by atoms with Gasteiger partial charge in [0.15, 0.2) is 11.5 Å². The number of aryl methyl sites for hydroxylation is 1. The molecule has 3 heterocycles. The number of hydrogen-bond acceptors (Lipinski definition) is 5. The predicted octanol–water partition coefficient (Wildman–Crippen LogP) is 8.69. The standard InChI is InChI=1S/C34H40F3N5O2Si/c1-22(2)25-10-8-9-11-26(25)32-38-18-28-30(40-32)27(19-42(28)21-44-16-17-45(5,6)7)31(43-4)23-12-14-24(15-13-23)33-39-29(20-41(33)3)34(35,36)37/h8-15,18-20,22,31H,16-17,21H2,1-7H3. The van der Waals surface area contributed by atoms with Gasteiger partial charge in [-0.3, -0.25) is 0 Å². The molecular formula is C34H40F3N5O2Si.